The van der Waals surface area contributed by atoms with Crippen LogP contribution in [0.4, 0.5) is 5.69 Å². The fourth-order valence-corrected chi connectivity index (χ4v) is 4.81. The number of hydrogen-bond donors (Lipinski definition) is 1. The monoisotopic (exact) mass is 485 g/mol. The van der Waals surface area contributed by atoms with Crippen LogP contribution in [0.5, 0.6) is 11.5 Å². The highest BCUT2D eigenvalue weighted by Crippen LogP contribution is 2.30. The zero-order valence-corrected chi connectivity index (χ0v) is 20.4. The highest BCUT2D eigenvalue weighted by Gasteiger charge is 2.25. The average Bonchev–Trinajstić information content (AvgIpc) is 2.74. The van der Waals surface area contributed by atoms with Crippen LogP contribution < -0.4 is 14.8 Å². The molecule has 0 fully saturated rings. The van der Waals surface area contributed by atoms with Crippen LogP contribution in [-0.4, -0.2) is 73.3 Å². The molecule has 0 bridgehead atoms. The summed E-state index contributed by atoms with van der Waals surface area (Å²) in [6.07, 6.45) is 0. The lowest BCUT2D eigenvalue weighted by molar-refractivity contribution is -0.116. The molecular formula is C20H27N3O7S2. The molecule has 176 valence electrons. The predicted octanol–water partition coefficient (Wildman–Crippen LogP) is 1.52. The van der Waals surface area contributed by atoms with Gasteiger partial charge in [-0.2, -0.15) is 4.31 Å². The summed E-state index contributed by atoms with van der Waals surface area (Å²) in [5, 5.41) is 2.58. The Labute approximate surface area is 188 Å². The maximum absolute atomic E-state index is 12.9. The number of amides is 1. The van der Waals surface area contributed by atoms with E-state index in [0.29, 0.717) is 11.3 Å². The fourth-order valence-electron chi connectivity index (χ4n) is 2.74. The van der Waals surface area contributed by atoms with Gasteiger partial charge in [-0.15, -0.1) is 0 Å². The van der Waals surface area contributed by atoms with Crippen molar-refractivity contribution in [2.24, 2.45) is 0 Å². The lowest BCUT2D eigenvalue weighted by Gasteiger charge is -2.19. The normalized spacial score (nSPS) is 12.1. The Bertz CT molecular complexity index is 1210. The van der Waals surface area contributed by atoms with Gasteiger partial charge in [-0.05, 0) is 36.8 Å². The number of anilines is 1. The maximum Gasteiger partial charge on any atom is 0.243 e. The Balaban J connectivity index is 2.23. The molecule has 0 aliphatic carbocycles. The average molecular weight is 486 g/mol. The van der Waals surface area contributed by atoms with Crippen LogP contribution in [0, 0.1) is 6.92 Å². The minimum Gasteiger partial charge on any atom is -0.493 e. The van der Waals surface area contributed by atoms with Gasteiger partial charge in [0.05, 0.1) is 30.6 Å². The van der Waals surface area contributed by atoms with Crippen molar-refractivity contribution in [2.75, 3.05) is 47.2 Å². The van der Waals surface area contributed by atoms with Gasteiger partial charge in [-0.25, -0.2) is 21.1 Å². The van der Waals surface area contributed by atoms with Crippen molar-refractivity contribution < 1.29 is 31.1 Å². The first kappa shape index (κ1) is 25.6. The Hall–Kier alpha value is -2.67. The van der Waals surface area contributed by atoms with Crippen LogP contribution in [0.2, 0.25) is 0 Å². The van der Waals surface area contributed by atoms with E-state index in [9.17, 15) is 21.6 Å². The van der Waals surface area contributed by atoms with E-state index in [1.54, 1.807) is 13.0 Å². The number of aryl methyl sites for hydroxylation is 1. The number of carbonyl (C=O) groups excluding carboxylic acids is 1. The summed E-state index contributed by atoms with van der Waals surface area (Å²) >= 11 is 0. The van der Waals surface area contributed by atoms with Gasteiger partial charge in [0.25, 0.3) is 0 Å². The molecule has 10 nitrogen and oxygen atoms in total. The molecule has 2 aromatic carbocycles. The number of benzene rings is 2. The van der Waals surface area contributed by atoms with Crippen LogP contribution in [0.3, 0.4) is 0 Å². The number of ether oxygens (including phenoxy) is 2. The number of sulfonamides is 2. The van der Waals surface area contributed by atoms with Crippen molar-refractivity contribution in [1.29, 1.82) is 0 Å². The molecule has 2 aromatic rings. The Kier molecular flexibility index (Phi) is 7.88. The largest absolute Gasteiger partial charge is 0.493 e. The minimum absolute atomic E-state index is 0.00899. The topological polar surface area (TPSA) is 122 Å². The summed E-state index contributed by atoms with van der Waals surface area (Å²) in [6.45, 7) is 1.21. The lowest BCUT2D eigenvalue weighted by Crippen LogP contribution is -2.35. The van der Waals surface area contributed by atoms with Crippen LogP contribution in [0.15, 0.2) is 46.2 Å². The van der Waals surface area contributed by atoms with Gasteiger partial charge in [-0.3, -0.25) is 4.79 Å². The van der Waals surface area contributed by atoms with Crippen LogP contribution in [0.25, 0.3) is 0 Å². The molecule has 0 unspecified atom stereocenters. The van der Waals surface area contributed by atoms with Crippen molar-refractivity contribution in [3.05, 3.63) is 42.0 Å². The van der Waals surface area contributed by atoms with E-state index in [2.05, 4.69) is 5.32 Å². The summed E-state index contributed by atoms with van der Waals surface area (Å²) in [4.78, 5) is 12.5. The molecular weight excluding hydrogens is 458 g/mol. The molecule has 1 N–H and O–H groups in total. The van der Waals surface area contributed by atoms with Gasteiger partial charge in [-0.1, -0.05) is 6.07 Å². The first-order chi connectivity index (χ1) is 14.8. The third kappa shape index (κ3) is 5.38. The van der Waals surface area contributed by atoms with E-state index in [0.717, 1.165) is 8.61 Å². The second-order valence-electron chi connectivity index (χ2n) is 7.09. The van der Waals surface area contributed by atoms with E-state index in [1.165, 1.54) is 65.7 Å². The second kappa shape index (κ2) is 9.86. The number of hydrogen-bond acceptors (Lipinski definition) is 7. The smallest absolute Gasteiger partial charge is 0.243 e. The molecule has 0 atom stereocenters. The summed E-state index contributed by atoms with van der Waals surface area (Å²) < 4.78 is 62.7. The highest BCUT2D eigenvalue weighted by atomic mass is 32.2. The van der Waals surface area contributed by atoms with E-state index >= 15 is 0 Å². The van der Waals surface area contributed by atoms with Gasteiger partial charge < -0.3 is 14.8 Å². The standard InChI is InChI=1S/C20H27N3O7S2/c1-14-7-8-15(31(25,26)22(2)3)11-17(14)21-20(24)13-23(4)32(27,28)16-9-10-18(29-5)19(12-16)30-6/h7-12H,13H2,1-6H3,(H,21,24). The Morgan fingerprint density at radius 3 is 2.00 bits per heavy atom. The van der Waals surface area contributed by atoms with Crippen LogP contribution in [-0.2, 0) is 24.8 Å². The third-order valence-corrected chi connectivity index (χ3v) is 8.30. The number of methoxy groups -OCH3 is 2. The minimum atomic E-state index is -4.00. The van der Waals surface area contributed by atoms with Crippen LogP contribution >= 0.6 is 0 Å². The molecule has 12 heteroatoms. The molecule has 2 rings (SSSR count). The van der Waals surface area contributed by atoms with Gasteiger partial charge in [0, 0.05) is 32.9 Å². The molecule has 1 amide bonds. The number of nitrogens with zero attached hydrogens (tertiary/aromatic N) is 2. The van der Waals surface area contributed by atoms with Gasteiger partial charge in [0.1, 0.15) is 0 Å². The third-order valence-electron chi connectivity index (χ3n) is 4.69. The SMILES string of the molecule is COc1ccc(S(=O)(=O)N(C)CC(=O)Nc2cc(S(=O)(=O)N(C)C)ccc2C)cc1OC. The molecule has 0 aliphatic rings. The Morgan fingerprint density at radius 2 is 1.44 bits per heavy atom. The summed E-state index contributed by atoms with van der Waals surface area (Å²) in [7, 11) is -0.797. The molecule has 0 aromatic heterocycles. The summed E-state index contributed by atoms with van der Waals surface area (Å²) in [5.41, 5.74) is 0.899. The first-order valence-electron chi connectivity index (χ1n) is 9.36. The highest BCUT2D eigenvalue weighted by molar-refractivity contribution is 7.89. The summed E-state index contributed by atoms with van der Waals surface area (Å²) in [6, 6.07) is 8.46. The molecule has 32 heavy (non-hydrogen) atoms. The van der Waals surface area contributed by atoms with Gasteiger partial charge in [0.15, 0.2) is 11.5 Å². The second-order valence-corrected chi connectivity index (χ2v) is 11.3. The Morgan fingerprint density at radius 1 is 0.875 bits per heavy atom. The summed E-state index contributed by atoms with van der Waals surface area (Å²) in [5.74, 6) is -0.0186. The fraction of sp³-hybridized carbons (Fsp3) is 0.350. The molecule has 0 saturated heterocycles. The zero-order valence-electron chi connectivity index (χ0n) is 18.7. The molecule has 0 spiro atoms. The number of carbonyl (C=O) groups is 1. The van der Waals surface area contributed by atoms with E-state index in [4.69, 9.17) is 9.47 Å². The number of rotatable bonds is 9. The van der Waals surface area contributed by atoms with Crippen molar-refractivity contribution >= 4 is 31.6 Å². The van der Waals surface area contributed by atoms with E-state index in [1.807, 2.05) is 0 Å². The van der Waals surface area contributed by atoms with E-state index in [-0.39, 0.29) is 21.2 Å². The number of nitrogens with one attached hydrogen (secondary N) is 1. The molecule has 0 radical (unpaired) electrons. The van der Waals surface area contributed by atoms with Gasteiger partial charge in [0.2, 0.25) is 26.0 Å². The van der Waals surface area contributed by atoms with Crippen molar-refractivity contribution in [2.45, 2.75) is 16.7 Å². The van der Waals surface area contributed by atoms with Crippen molar-refractivity contribution in [1.82, 2.24) is 8.61 Å². The van der Waals surface area contributed by atoms with Crippen LogP contribution in [0.1, 0.15) is 5.56 Å². The number of likely N-dealkylation sites (N-methyl/N-ethyl adjacent to an activating group) is 1. The quantitative estimate of drug-likeness (QED) is 0.571. The van der Waals surface area contributed by atoms with Crippen molar-refractivity contribution in [3.8, 4) is 11.5 Å². The maximum atomic E-state index is 12.9. The zero-order chi connectivity index (χ0) is 24.3. The first-order valence-corrected chi connectivity index (χ1v) is 12.2. The molecule has 0 aliphatic heterocycles. The van der Waals surface area contributed by atoms with Crippen molar-refractivity contribution in [3.63, 3.8) is 0 Å². The molecule has 0 heterocycles. The molecule has 0 saturated carbocycles. The predicted molar refractivity (Wildman–Crippen MR) is 120 cm³/mol. The lowest BCUT2D eigenvalue weighted by atomic mass is 10.2. The van der Waals surface area contributed by atoms with E-state index < -0.39 is 32.5 Å². The van der Waals surface area contributed by atoms with Gasteiger partial charge >= 0.3 is 0 Å².